The SMILES string of the molecule is CC.CC=O.CCCC(CCC(C)CC)c1ccc(N(C(=O)CC)C2CCC(=O)NC2=O)c(C)c1.CCCC1(CCC(C)CC)CC(C)C1.CCc1c(F)ccc2cc(O)cc(-c3ncc4c(N5CCCC5)nc(OC)nc4c3F)c12.CO.COCC1CCC2CCCN21. The molecule has 15 nitrogen and oxygen atoms in total. The number of pyridine rings is 1. The Morgan fingerprint density at radius 1 is 0.851 bits per heavy atom. The Bertz CT molecular complexity index is 3130. The van der Waals surface area contributed by atoms with Crippen molar-refractivity contribution in [1.82, 2.24) is 25.2 Å². The van der Waals surface area contributed by atoms with Crippen molar-refractivity contribution in [2.45, 2.75) is 255 Å². The van der Waals surface area contributed by atoms with Crippen LogP contribution < -0.4 is 19.9 Å². The summed E-state index contributed by atoms with van der Waals surface area (Å²) < 4.78 is 40.9. The summed E-state index contributed by atoms with van der Waals surface area (Å²) in [6.07, 6.45) is 27.4. The first kappa shape index (κ1) is 80.3. The number of anilines is 2. The predicted molar refractivity (Wildman–Crippen MR) is 381 cm³/mol. The molecule has 6 unspecified atom stereocenters. The number of hydrogen-bond donors (Lipinski definition) is 3. The third-order valence-electron chi connectivity index (χ3n) is 19.7. The third kappa shape index (κ3) is 21.7. The molecule has 5 aromatic rings. The summed E-state index contributed by atoms with van der Waals surface area (Å²) >= 11 is 0. The maximum Gasteiger partial charge on any atom is 0.318 e. The van der Waals surface area contributed by atoms with Gasteiger partial charge in [0.25, 0.3) is 0 Å². The fraction of sp³-hybridized carbons (Fsp3) is 0.649. The highest BCUT2D eigenvalue weighted by molar-refractivity contribution is 6.07. The minimum absolute atomic E-state index is 0.00757. The van der Waals surface area contributed by atoms with Gasteiger partial charge in [-0.2, -0.15) is 9.97 Å². The van der Waals surface area contributed by atoms with E-state index in [1.54, 1.807) is 24.1 Å². The van der Waals surface area contributed by atoms with Crippen molar-refractivity contribution in [2.75, 3.05) is 57.4 Å². The molecule has 524 valence electrons. The first-order valence-electron chi connectivity index (χ1n) is 35.7. The number of aromatic hydroxyl groups is 1. The number of carbonyl (C=O) groups excluding carboxylic acids is 4. The van der Waals surface area contributed by atoms with E-state index in [1.807, 2.05) is 40.9 Å². The predicted octanol–water partition coefficient (Wildman–Crippen LogP) is 17.4. The van der Waals surface area contributed by atoms with Crippen LogP contribution in [0.5, 0.6) is 11.8 Å². The van der Waals surface area contributed by atoms with Crippen LogP contribution in [0.15, 0.2) is 48.7 Å². The van der Waals surface area contributed by atoms with Gasteiger partial charge in [-0.05, 0) is 191 Å². The van der Waals surface area contributed by atoms with Crippen LogP contribution >= 0.6 is 0 Å². The van der Waals surface area contributed by atoms with Crippen LogP contribution in [0.4, 0.5) is 20.3 Å². The first-order chi connectivity index (χ1) is 45.3. The molecule has 2 aromatic heterocycles. The van der Waals surface area contributed by atoms with E-state index in [0.717, 1.165) is 105 Å². The first-order valence-corrected chi connectivity index (χ1v) is 35.7. The monoisotopic (exact) mass is 1310 g/mol. The zero-order valence-electron chi connectivity index (χ0n) is 60.4. The molecule has 0 bridgehead atoms. The van der Waals surface area contributed by atoms with Crippen LogP contribution in [-0.4, -0.2) is 120 Å². The van der Waals surface area contributed by atoms with E-state index in [4.69, 9.17) is 19.4 Å². The van der Waals surface area contributed by atoms with E-state index in [2.05, 4.69) is 90.7 Å². The van der Waals surface area contributed by atoms with Crippen LogP contribution in [0.25, 0.3) is 32.9 Å². The molecular weight excluding hydrogens is 1190 g/mol. The summed E-state index contributed by atoms with van der Waals surface area (Å²) in [7, 11) is 4.25. The van der Waals surface area contributed by atoms with Gasteiger partial charge in [0.15, 0.2) is 5.82 Å². The summed E-state index contributed by atoms with van der Waals surface area (Å²) in [6, 6.07) is 13.3. The summed E-state index contributed by atoms with van der Waals surface area (Å²) in [5.41, 5.74) is 4.70. The highest BCUT2D eigenvalue weighted by Crippen LogP contribution is 2.52. The molecule has 5 aliphatic rings. The standard InChI is InChI=1S/C25H38N2O3.C24H22F2N4O2.C14H28.C9H17NO.C2H4O.C2H6.CH4O/c1-6-9-19(11-10-17(4)7-2)20-12-13-21(18(5)16-20)27(24(29)8-3)22-14-15-23(28)26-25(22)30;1-3-15-18(25)7-6-13-10-14(31)11-16(19(13)15)21-20(26)22-17(12-27-21)23(29-24(28-22)32-2)30-8-4-5-9-30;1-5-8-14(10-13(4)11-14)9-7-12(3)6-2;1-11-7-9-5-4-8-3-2-6-10(8)9;1-2-3;2*1-2/h12-13,16-17,19,22H,6-11,14-15H2,1-5H3,(H,26,28,30);6-7,10-12,31H,3-5,8-9H2,1-2H3;12-13H,5-11H2,1-4H3;8-9H,2-7H2,1H3;2H,1H3;1-2H3;2H,1H3. The number of piperidine rings is 1. The number of aldehydes is 1. The molecule has 4 aliphatic heterocycles. The lowest BCUT2D eigenvalue weighted by Gasteiger charge is -2.47. The van der Waals surface area contributed by atoms with Gasteiger partial charge in [-0.1, -0.05) is 133 Å². The molecule has 6 heterocycles. The number of methoxy groups -OCH3 is 2. The van der Waals surface area contributed by atoms with Crippen molar-refractivity contribution in [3.8, 4) is 23.0 Å². The maximum absolute atomic E-state index is 15.9. The fourth-order valence-corrected chi connectivity index (χ4v) is 14.6. The average molecular weight is 1310 g/mol. The Balaban J connectivity index is 0.000000277. The fourth-order valence-electron chi connectivity index (χ4n) is 14.6. The lowest BCUT2D eigenvalue weighted by Crippen LogP contribution is -2.54. The zero-order valence-corrected chi connectivity index (χ0v) is 60.4. The van der Waals surface area contributed by atoms with Crippen molar-refractivity contribution in [3.63, 3.8) is 0 Å². The lowest BCUT2D eigenvalue weighted by molar-refractivity contribution is -0.135. The molecule has 3 N–H and O–H groups in total. The van der Waals surface area contributed by atoms with Crippen LogP contribution in [-0.2, 0) is 30.3 Å². The molecule has 0 radical (unpaired) electrons. The number of benzene rings is 3. The second kappa shape index (κ2) is 41.0. The minimum atomic E-state index is -0.665. The number of nitrogens with zero attached hydrogens (tertiary/aromatic N) is 6. The van der Waals surface area contributed by atoms with Gasteiger partial charge in [-0.15, -0.1) is 0 Å². The van der Waals surface area contributed by atoms with Gasteiger partial charge in [-0.3, -0.25) is 34.5 Å². The lowest BCUT2D eigenvalue weighted by atomic mass is 9.58. The van der Waals surface area contributed by atoms with Crippen LogP contribution in [0.1, 0.15) is 241 Å². The van der Waals surface area contributed by atoms with E-state index < -0.39 is 11.9 Å². The summed E-state index contributed by atoms with van der Waals surface area (Å²) in [5.74, 6) is 1.95. The summed E-state index contributed by atoms with van der Waals surface area (Å²) in [5, 5.41) is 21.3. The Morgan fingerprint density at radius 3 is 2.12 bits per heavy atom. The number of nitrogens with one attached hydrogen (secondary N) is 1. The second-order valence-electron chi connectivity index (χ2n) is 26.4. The Kier molecular flexibility index (Phi) is 35.1. The van der Waals surface area contributed by atoms with Crippen LogP contribution in [0.2, 0.25) is 0 Å². The smallest absolute Gasteiger partial charge is 0.318 e. The molecule has 94 heavy (non-hydrogen) atoms. The molecule has 10 rings (SSSR count). The zero-order chi connectivity index (χ0) is 69.7. The van der Waals surface area contributed by atoms with E-state index in [0.29, 0.717) is 58.3 Å². The van der Waals surface area contributed by atoms with Crippen molar-refractivity contribution in [3.05, 3.63) is 77.0 Å². The number of halogens is 2. The summed E-state index contributed by atoms with van der Waals surface area (Å²) in [6.45, 7) is 31.2. The number of aliphatic hydroxyl groups is 1. The number of phenolic OH excluding ortho intramolecular Hbond substituents is 1. The number of aliphatic hydroxyl groups excluding tert-OH is 1. The minimum Gasteiger partial charge on any atom is -0.508 e. The molecule has 6 atom stereocenters. The van der Waals surface area contributed by atoms with Crippen LogP contribution in [0.3, 0.4) is 0 Å². The summed E-state index contributed by atoms with van der Waals surface area (Å²) in [4.78, 5) is 65.0. The van der Waals surface area contributed by atoms with Gasteiger partial charge < -0.3 is 29.4 Å². The molecule has 3 amide bonds. The number of fused-ring (bicyclic) bond motifs is 3. The highest BCUT2D eigenvalue weighted by Gasteiger charge is 2.41. The van der Waals surface area contributed by atoms with E-state index in [1.165, 1.54) is 134 Å². The number of aromatic nitrogens is 3. The second-order valence-corrected chi connectivity index (χ2v) is 26.4. The largest absolute Gasteiger partial charge is 0.508 e. The molecule has 1 aliphatic carbocycles. The number of ether oxygens (including phenoxy) is 2. The van der Waals surface area contributed by atoms with Gasteiger partial charge >= 0.3 is 6.01 Å². The van der Waals surface area contributed by atoms with Gasteiger partial charge in [0.05, 0.1) is 19.1 Å². The van der Waals surface area contributed by atoms with Gasteiger partial charge in [-0.25, -0.2) is 8.78 Å². The Labute approximate surface area is 563 Å². The highest BCUT2D eigenvalue weighted by atomic mass is 19.1. The molecule has 4 saturated heterocycles. The Hall–Kier alpha value is -6.17. The Morgan fingerprint density at radius 2 is 1.53 bits per heavy atom. The number of amides is 3. The average Bonchev–Trinajstić information content (AvgIpc) is 0.868. The van der Waals surface area contributed by atoms with Gasteiger partial charge in [0.2, 0.25) is 17.7 Å². The van der Waals surface area contributed by atoms with E-state index in [9.17, 15) is 23.9 Å². The normalized spacial score (nSPS) is 20.4. The number of rotatable bonds is 22. The molecule has 5 fully saturated rings. The maximum atomic E-state index is 15.9. The van der Waals surface area contributed by atoms with Crippen molar-refractivity contribution < 1.29 is 47.6 Å². The number of aryl methyl sites for hydroxylation is 2. The molecule has 1 saturated carbocycles. The topological polar surface area (TPSA) is 188 Å². The number of phenols is 1. The third-order valence-corrected chi connectivity index (χ3v) is 19.7. The van der Waals surface area contributed by atoms with Gasteiger partial charge in [0, 0.05) is 69.7 Å². The van der Waals surface area contributed by atoms with E-state index in [-0.39, 0.29) is 52.9 Å². The van der Waals surface area contributed by atoms with Crippen molar-refractivity contribution in [2.24, 2.45) is 23.2 Å². The number of hydrogen-bond acceptors (Lipinski definition) is 13. The molecule has 3 aromatic carbocycles. The van der Waals surface area contributed by atoms with Crippen molar-refractivity contribution >= 4 is 57.2 Å². The molecule has 17 heteroatoms. The van der Waals surface area contributed by atoms with Gasteiger partial charge in [0.1, 0.15) is 40.9 Å². The van der Waals surface area contributed by atoms with E-state index >= 15 is 4.39 Å². The number of imide groups is 1. The quantitative estimate of drug-likeness (QED) is 0.0439. The van der Waals surface area contributed by atoms with Crippen LogP contribution in [0, 0.1) is 41.7 Å². The molecular formula is C77H119F2N7O8. The number of carbonyl (C=O) groups is 4. The molecule has 0 spiro atoms. The van der Waals surface area contributed by atoms with Crippen molar-refractivity contribution in [1.29, 1.82) is 0 Å².